The fourth-order valence-electron chi connectivity index (χ4n) is 1.89. The molecule has 4 nitrogen and oxygen atoms in total. The van der Waals surface area contributed by atoms with Gasteiger partial charge >= 0.3 is 0 Å². The number of hydrogen-bond donors (Lipinski definition) is 2. The molecule has 0 saturated carbocycles. The maximum atomic E-state index is 12.0. The number of aliphatic hydroxyl groups is 1. The first-order valence-electron chi connectivity index (χ1n) is 5.45. The van der Waals surface area contributed by atoms with Gasteiger partial charge in [0.2, 0.25) is 0 Å². The summed E-state index contributed by atoms with van der Waals surface area (Å²) < 4.78 is 0. The summed E-state index contributed by atoms with van der Waals surface area (Å²) in [5.74, 6) is -0.410. The average Bonchev–Trinajstić information content (AvgIpc) is 2.24. The summed E-state index contributed by atoms with van der Waals surface area (Å²) in [6, 6.07) is 4.38. The van der Waals surface area contributed by atoms with Crippen LogP contribution < -0.4 is 0 Å². The summed E-state index contributed by atoms with van der Waals surface area (Å²) >= 11 is 5.69. The number of hydrogen-bond acceptors (Lipinski definition) is 3. The Morgan fingerprint density at radius 1 is 1.53 bits per heavy atom. The van der Waals surface area contributed by atoms with Gasteiger partial charge in [0.25, 0.3) is 5.91 Å². The van der Waals surface area contributed by atoms with Crippen LogP contribution in [-0.4, -0.2) is 39.7 Å². The van der Waals surface area contributed by atoms with Gasteiger partial charge in [-0.15, -0.1) is 0 Å². The van der Waals surface area contributed by atoms with Crippen LogP contribution in [0, 0.1) is 0 Å². The van der Waals surface area contributed by atoms with Crippen molar-refractivity contribution >= 4 is 17.5 Å². The molecular weight excluding hydrogens is 242 g/mol. The quantitative estimate of drug-likeness (QED) is 0.845. The Bertz CT molecular complexity index is 455. The topological polar surface area (TPSA) is 60.8 Å². The lowest BCUT2D eigenvalue weighted by molar-refractivity contribution is -0.0827. The number of phenols is 1. The van der Waals surface area contributed by atoms with Crippen LogP contribution in [-0.2, 0) is 0 Å². The van der Waals surface area contributed by atoms with Crippen molar-refractivity contribution < 1.29 is 15.0 Å². The van der Waals surface area contributed by atoms with Gasteiger partial charge < -0.3 is 15.1 Å². The first-order valence-corrected chi connectivity index (χ1v) is 5.83. The second kappa shape index (κ2) is 4.20. The van der Waals surface area contributed by atoms with Crippen molar-refractivity contribution in [2.45, 2.75) is 18.9 Å². The van der Waals surface area contributed by atoms with Crippen molar-refractivity contribution in [3.63, 3.8) is 0 Å². The van der Waals surface area contributed by atoms with E-state index in [1.165, 1.54) is 17.0 Å². The molecule has 0 atom stereocenters. The zero-order chi connectivity index (χ0) is 12.6. The fraction of sp³-hybridized carbons (Fsp3) is 0.417. The molecule has 1 aromatic rings. The monoisotopic (exact) mass is 255 g/mol. The van der Waals surface area contributed by atoms with Crippen LogP contribution >= 0.6 is 11.6 Å². The Morgan fingerprint density at radius 3 is 2.71 bits per heavy atom. The first-order chi connectivity index (χ1) is 7.95. The minimum absolute atomic E-state index is 0.130. The maximum absolute atomic E-state index is 12.0. The van der Waals surface area contributed by atoms with E-state index < -0.39 is 5.60 Å². The van der Waals surface area contributed by atoms with Crippen molar-refractivity contribution in [1.29, 1.82) is 0 Å². The molecular formula is C12H14ClNO3. The molecule has 5 heteroatoms. The highest BCUT2D eigenvalue weighted by molar-refractivity contribution is 6.30. The number of phenolic OH excluding ortho intramolecular Hbond substituents is 1. The molecule has 0 spiro atoms. The number of aromatic hydroxyl groups is 1. The summed E-state index contributed by atoms with van der Waals surface area (Å²) in [7, 11) is 0. The van der Waals surface area contributed by atoms with Crippen LogP contribution in [0.4, 0.5) is 0 Å². The second-order valence-corrected chi connectivity index (χ2v) is 4.84. The van der Waals surface area contributed by atoms with E-state index in [1.54, 1.807) is 6.07 Å². The van der Waals surface area contributed by atoms with E-state index in [9.17, 15) is 15.0 Å². The maximum Gasteiger partial charge on any atom is 0.257 e. The zero-order valence-corrected chi connectivity index (χ0v) is 10.2. The number of carbonyl (C=O) groups excluding carboxylic acids is 1. The van der Waals surface area contributed by atoms with Gasteiger partial charge in [0, 0.05) is 5.02 Å². The van der Waals surface area contributed by atoms with Crippen molar-refractivity contribution in [2.24, 2.45) is 0 Å². The van der Waals surface area contributed by atoms with E-state index in [4.69, 9.17) is 11.6 Å². The third-order valence-corrected chi connectivity index (χ3v) is 3.34. The van der Waals surface area contributed by atoms with Crippen molar-refractivity contribution in [1.82, 2.24) is 4.90 Å². The molecule has 1 aromatic carbocycles. The van der Waals surface area contributed by atoms with Crippen LogP contribution in [0.15, 0.2) is 18.2 Å². The molecule has 1 heterocycles. The standard InChI is InChI=1S/C12H14ClNO3/c1-2-12(17)6-14(7-12)11(16)9-4-3-8(13)5-10(9)15/h3-5,15,17H,2,6-7H2,1H3. The third-order valence-electron chi connectivity index (χ3n) is 3.11. The molecule has 1 fully saturated rings. The largest absolute Gasteiger partial charge is 0.507 e. The second-order valence-electron chi connectivity index (χ2n) is 4.40. The molecule has 1 amide bonds. The predicted molar refractivity (Wildman–Crippen MR) is 64.3 cm³/mol. The fourth-order valence-corrected chi connectivity index (χ4v) is 2.05. The Labute approximate surface area is 104 Å². The van der Waals surface area contributed by atoms with E-state index in [0.717, 1.165) is 0 Å². The highest BCUT2D eigenvalue weighted by atomic mass is 35.5. The Morgan fingerprint density at radius 2 is 2.18 bits per heavy atom. The molecule has 0 aromatic heterocycles. The van der Waals surface area contributed by atoms with Gasteiger partial charge in [-0.3, -0.25) is 4.79 Å². The Hall–Kier alpha value is -1.26. The van der Waals surface area contributed by atoms with Crippen molar-refractivity contribution in [2.75, 3.05) is 13.1 Å². The van der Waals surface area contributed by atoms with Gasteiger partial charge in [0.15, 0.2) is 0 Å². The van der Waals surface area contributed by atoms with Crippen LogP contribution in [0.5, 0.6) is 5.75 Å². The van der Waals surface area contributed by atoms with Gasteiger partial charge in [-0.25, -0.2) is 0 Å². The summed E-state index contributed by atoms with van der Waals surface area (Å²) in [6.07, 6.45) is 0.614. The van der Waals surface area contributed by atoms with Gasteiger partial charge in [-0.2, -0.15) is 0 Å². The molecule has 0 radical (unpaired) electrons. The van der Waals surface area contributed by atoms with E-state index >= 15 is 0 Å². The molecule has 1 saturated heterocycles. The van der Waals surface area contributed by atoms with E-state index in [1.807, 2.05) is 6.92 Å². The van der Waals surface area contributed by atoms with Gasteiger partial charge in [0.05, 0.1) is 24.3 Å². The van der Waals surface area contributed by atoms with E-state index in [0.29, 0.717) is 24.5 Å². The third kappa shape index (κ3) is 2.23. The number of benzene rings is 1. The van der Waals surface area contributed by atoms with Crippen LogP contribution in [0.1, 0.15) is 23.7 Å². The molecule has 0 bridgehead atoms. The lowest BCUT2D eigenvalue weighted by Crippen LogP contribution is -2.63. The van der Waals surface area contributed by atoms with Crippen LogP contribution in [0.2, 0.25) is 5.02 Å². The molecule has 0 unspecified atom stereocenters. The average molecular weight is 256 g/mol. The number of halogens is 1. The first kappa shape index (κ1) is 12.2. The molecule has 1 aliphatic rings. The Balaban J connectivity index is 2.12. The molecule has 1 aliphatic heterocycles. The molecule has 0 aliphatic carbocycles. The number of nitrogens with zero attached hydrogens (tertiary/aromatic N) is 1. The van der Waals surface area contributed by atoms with Crippen LogP contribution in [0.25, 0.3) is 0 Å². The minimum atomic E-state index is -0.766. The smallest absolute Gasteiger partial charge is 0.257 e. The number of amides is 1. The van der Waals surface area contributed by atoms with Gasteiger partial charge in [0.1, 0.15) is 5.75 Å². The SMILES string of the molecule is CCC1(O)CN(C(=O)c2ccc(Cl)cc2O)C1. The van der Waals surface area contributed by atoms with Crippen molar-refractivity contribution in [3.8, 4) is 5.75 Å². The number of β-amino-alcohol motifs (C(OH)–C–C–N with tert-alkyl or cyclic N) is 1. The molecule has 2 N–H and O–H groups in total. The molecule has 92 valence electrons. The van der Waals surface area contributed by atoms with Gasteiger partial charge in [-0.1, -0.05) is 18.5 Å². The highest BCUT2D eigenvalue weighted by Crippen LogP contribution is 2.29. The predicted octanol–water partition coefficient (Wildman–Crippen LogP) is 1.64. The molecule has 2 rings (SSSR count). The lowest BCUT2D eigenvalue weighted by atomic mass is 9.90. The number of carbonyl (C=O) groups is 1. The molecule has 17 heavy (non-hydrogen) atoms. The summed E-state index contributed by atoms with van der Waals surface area (Å²) in [5.41, 5.74) is -0.551. The van der Waals surface area contributed by atoms with Crippen LogP contribution in [0.3, 0.4) is 0 Å². The lowest BCUT2D eigenvalue weighted by Gasteiger charge is -2.46. The Kier molecular flexibility index (Phi) is 3.02. The summed E-state index contributed by atoms with van der Waals surface area (Å²) in [5, 5.41) is 19.8. The van der Waals surface area contributed by atoms with Gasteiger partial charge in [-0.05, 0) is 24.6 Å². The normalized spacial score (nSPS) is 17.7. The van der Waals surface area contributed by atoms with E-state index in [-0.39, 0.29) is 17.2 Å². The number of likely N-dealkylation sites (tertiary alicyclic amines) is 1. The van der Waals surface area contributed by atoms with E-state index in [2.05, 4.69) is 0 Å². The number of rotatable bonds is 2. The summed E-state index contributed by atoms with van der Waals surface area (Å²) in [4.78, 5) is 13.5. The highest BCUT2D eigenvalue weighted by Gasteiger charge is 2.42. The zero-order valence-electron chi connectivity index (χ0n) is 9.48. The summed E-state index contributed by atoms with van der Waals surface area (Å²) in [6.45, 7) is 2.50. The van der Waals surface area contributed by atoms with Crippen molar-refractivity contribution in [3.05, 3.63) is 28.8 Å². The minimum Gasteiger partial charge on any atom is -0.507 e.